The van der Waals surface area contributed by atoms with Crippen LogP contribution in [0.4, 0.5) is 0 Å². The first-order valence-corrected chi connectivity index (χ1v) is 7.83. The zero-order valence-corrected chi connectivity index (χ0v) is 13.6. The Morgan fingerprint density at radius 1 is 1.26 bits per heavy atom. The van der Waals surface area contributed by atoms with Gasteiger partial charge in [0.2, 0.25) is 0 Å². The van der Waals surface area contributed by atoms with Gasteiger partial charge in [-0.25, -0.2) is 0 Å². The number of nitrogens with zero attached hydrogens (tertiary/aromatic N) is 1. The fourth-order valence-corrected chi connectivity index (χ4v) is 2.67. The van der Waals surface area contributed by atoms with Crippen LogP contribution < -0.4 is 9.47 Å². The second-order valence-electron chi connectivity index (χ2n) is 5.76. The van der Waals surface area contributed by atoms with E-state index < -0.39 is 5.97 Å². The van der Waals surface area contributed by atoms with Crippen LogP contribution >= 0.6 is 0 Å². The Kier molecular flexibility index (Phi) is 5.84. The standard InChI is InChI=1S/C17H23NO5/c1-18(10-9-16(19)20)17(21)12-7-8-14(15(11-12)22-2)23-13-5-3-4-6-13/h7-8,11,13H,3-6,9-10H2,1-2H3,(H,19,20). The van der Waals surface area contributed by atoms with E-state index in [4.69, 9.17) is 14.6 Å². The molecule has 1 saturated carbocycles. The first-order chi connectivity index (χ1) is 11.0. The van der Waals surface area contributed by atoms with Crippen LogP contribution in [0.2, 0.25) is 0 Å². The van der Waals surface area contributed by atoms with Gasteiger partial charge in [-0.2, -0.15) is 0 Å². The maximum atomic E-state index is 12.3. The number of hydrogen-bond donors (Lipinski definition) is 1. The van der Waals surface area contributed by atoms with Gasteiger partial charge in [-0.05, 0) is 43.9 Å². The van der Waals surface area contributed by atoms with Gasteiger partial charge in [0.15, 0.2) is 11.5 Å². The maximum absolute atomic E-state index is 12.3. The molecular weight excluding hydrogens is 298 g/mol. The minimum atomic E-state index is -0.928. The lowest BCUT2D eigenvalue weighted by molar-refractivity contribution is -0.137. The van der Waals surface area contributed by atoms with Crippen LogP contribution in [-0.2, 0) is 4.79 Å². The van der Waals surface area contributed by atoms with Crippen molar-refractivity contribution in [2.45, 2.75) is 38.2 Å². The van der Waals surface area contributed by atoms with E-state index in [0.717, 1.165) is 12.8 Å². The summed E-state index contributed by atoms with van der Waals surface area (Å²) in [6.07, 6.45) is 4.57. The molecule has 1 aliphatic carbocycles. The Labute approximate surface area is 136 Å². The topological polar surface area (TPSA) is 76.1 Å². The normalized spacial score (nSPS) is 14.5. The Balaban J connectivity index is 2.07. The number of carboxylic acid groups (broad SMARTS) is 1. The predicted molar refractivity (Wildman–Crippen MR) is 85.1 cm³/mol. The number of aliphatic carboxylic acids is 1. The van der Waals surface area contributed by atoms with E-state index >= 15 is 0 Å². The Hall–Kier alpha value is -2.24. The lowest BCUT2D eigenvalue weighted by Crippen LogP contribution is -2.29. The molecule has 0 aromatic heterocycles. The lowest BCUT2D eigenvalue weighted by atomic mass is 10.1. The number of carboxylic acids is 1. The van der Waals surface area contributed by atoms with Crippen LogP contribution in [0.1, 0.15) is 42.5 Å². The highest BCUT2D eigenvalue weighted by atomic mass is 16.5. The number of methoxy groups -OCH3 is 1. The summed E-state index contributed by atoms with van der Waals surface area (Å²) in [5.74, 6) is -0.00182. The maximum Gasteiger partial charge on any atom is 0.305 e. The van der Waals surface area contributed by atoms with Crippen LogP contribution in [0, 0.1) is 0 Å². The van der Waals surface area contributed by atoms with Crippen molar-refractivity contribution in [2.24, 2.45) is 0 Å². The number of hydrogen-bond acceptors (Lipinski definition) is 4. The summed E-state index contributed by atoms with van der Waals surface area (Å²) in [5, 5.41) is 8.69. The molecular formula is C17H23NO5. The first kappa shape index (κ1) is 17.1. The monoisotopic (exact) mass is 321 g/mol. The number of carbonyl (C=O) groups is 2. The second-order valence-corrected chi connectivity index (χ2v) is 5.76. The highest BCUT2D eigenvalue weighted by molar-refractivity contribution is 5.95. The third kappa shape index (κ3) is 4.61. The van der Waals surface area contributed by atoms with Gasteiger partial charge in [-0.1, -0.05) is 0 Å². The van der Waals surface area contributed by atoms with Crippen LogP contribution in [0.15, 0.2) is 18.2 Å². The molecule has 0 aliphatic heterocycles. The van der Waals surface area contributed by atoms with Gasteiger partial charge in [0.05, 0.1) is 19.6 Å². The summed E-state index contributed by atoms with van der Waals surface area (Å²) in [6.45, 7) is 0.163. The van der Waals surface area contributed by atoms with Crippen molar-refractivity contribution in [3.05, 3.63) is 23.8 Å². The van der Waals surface area contributed by atoms with Gasteiger partial charge in [-0.15, -0.1) is 0 Å². The number of ether oxygens (including phenoxy) is 2. The van der Waals surface area contributed by atoms with E-state index in [9.17, 15) is 9.59 Å². The van der Waals surface area contributed by atoms with Gasteiger partial charge < -0.3 is 19.5 Å². The van der Waals surface area contributed by atoms with Crippen molar-refractivity contribution in [2.75, 3.05) is 20.7 Å². The van der Waals surface area contributed by atoms with Crippen molar-refractivity contribution in [1.82, 2.24) is 4.90 Å². The zero-order chi connectivity index (χ0) is 16.8. The van der Waals surface area contributed by atoms with Gasteiger partial charge in [0.25, 0.3) is 5.91 Å². The van der Waals surface area contributed by atoms with Gasteiger partial charge >= 0.3 is 5.97 Å². The Morgan fingerprint density at radius 3 is 2.57 bits per heavy atom. The molecule has 0 radical (unpaired) electrons. The SMILES string of the molecule is COc1cc(C(=O)N(C)CCC(=O)O)ccc1OC1CCCC1. The molecule has 1 N–H and O–H groups in total. The van der Waals surface area contributed by atoms with Crippen LogP contribution in [0.3, 0.4) is 0 Å². The molecule has 2 rings (SSSR count). The number of carbonyl (C=O) groups excluding carboxylic acids is 1. The first-order valence-electron chi connectivity index (χ1n) is 7.83. The summed E-state index contributed by atoms with van der Waals surface area (Å²) >= 11 is 0. The number of rotatable bonds is 7. The van der Waals surface area contributed by atoms with Gasteiger partial charge in [0.1, 0.15) is 0 Å². The molecule has 0 saturated heterocycles. The van der Waals surface area contributed by atoms with Crippen molar-refractivity contribution < 1.29 is 24.2 Å². The van der Waals surface area contributed by atoms with Crippen LogP contribution in [0.5, 0.6) is 11.5 Å². The molecule has 1 aromatic rings. The van der Waals surface area contributed by atoms with E-state index in [1.54, 1.807) is 32.4 Å². The van der Waals surface area contributed by atoms with Gasteiger partial charge in [-0.3, -0.25) is 9.59 Å². The summed E-state index contributed by atoms with van der Waals surface area (Å²) in [5.41, 5.74) is 0.452. The van der Waals surface area contributed by atoms with E-state index in [1.807, 2.05) is 0 Å². The molecule has 0 bridgehead atoms. The molecule has 1 fully saturated rings. The van der Waals surface area contributed by atoms with Crippen LogP contribution in [-0.4, -0.2) is 48.7 Å². The minimum Gasteiger partial charge on any atom is -0.493 e. The minimum absolute atomic E-state index is 0.0811. The van der Waals surface area contributed by atoms with Gasteiger partial charge in [0, 0.05) is 19.2 Å². The lowest BCUT2D eigenvalue weighted by Gasteiger charge is -2.19. The molecule has 0 atom stereocenters. The highest BCUT2D eigenvalue weighted by Gasteiger charge is 2.20. The molecule has 6 nitrogen and oxygen atoms in total. The Morgan fingerprint density at radius 2 is 1.96 bits per heavy atom. The molecule has 126 valence electrons. The third-order valence-corrected chi connectivity index (χ3v) is 4.01. The highest BCUT2D eigenvalue weighted by Crippen LogP contribution is 2.32. The molecule has 0 unspecified atom stereocenters. The van der Waals surface area contributed by atoms with Crippen molar-refractivity contribution in [3.63, 3.8) is 0 Å². The van der Waals surface area contributed by atoms with E-state index in [1.165, 1.54) is 17.7 Å². The summed E-state index contributed by atoms with van der Waals surface area (Å²) < 4.78 is 11.3. The average molecular weight is 321 g/mol. The smallest absolute Gasteiger partial charge is 0.305 e. The Bertz CT molecular complexity index is 566. The molecule has 1 amide bonds. The number of benzene rings is 1. The van der Waals surface area contributed by atoms with Crippen molar-refractivity contribution >= 4 is 11.9 Å². The summed E-state index contributed by atoms with van der Waals surface area (Å²) in [4.78, 5) is 24.3. The van der Waals surface area contributed by atoms with E-state index in [2.05, 4.69) is 0 Å². The summed E-state index contributed by atoms with van der Waals surface area (Å²) in [6, 6.07) is 5.08. The van der Waals surface area contributed by atoms with E-state index in [-0.39, 0.29) is 25.0 Å². The zero-order valence-electron chi connectivity index (χ0n) is 13.6. The number of amides is 1. The van der Waals surface area contributed by atoms with Crippen molar-refractivity contribution in [3.8, 4) is 11.5 Å². The average Bonchev–Trinajstić information content (AvgIpc) is 3.05. The fraction of sp³-hybridized carbons (Fsp3) is 0.529. The molecule has 0 spiro atoms. The largest absolute Gasteiger partial charge is 0.493 e. The second kappa shape index (κ2) is 7.85. The van der Waals surface area contributed by atoms with Crippen molar-refractivity contribution in [1.29, 1.82) is 0 Å². The fourth-order valence-electron chi connectivity index (χ4n) is 2.67. The molecule has 1 aliphatic rings. The molecule has 0 heterocycles. The van der Waals surface area contributed by atoms with E-state index in [0.29, 0.717) is 17.1 Å². The van der Waals surface area contributed by atoms with Crippen LogP contribution in [0.25, 0.3) is 0 Å². The molecule has 6 heteroatoms. The quantitative estimate of drug-likeness (QED) is 0.835. The third-order valence-electron chi connectivity index (χ3n) is 4.01. The summed E-state index contributed by atoms with van der Waals surface area (Å²) in [7, 11) is 3.12. The predicted octanol–water partition coefficient (Wildman–Crippen LogP) is 2.56. The molecule has 1 aromatic carbocycles. The molecule has 23 heavy (non-hydrogen) atoms.